The van der Waals surface area contributed by atoms with Crippen molar-refractivity contribution in [2.75, 3.05) is 18.5 Å². The first-order valence-corrected chi connectivity index (χ1v) is 16.1. The molecule has 2 atom stereocenters. The molecule has 1 N–H and O–H groups in total. The Kier molecular flexibility index (Phi) is 10.4. The molecule has 1 unspecified atom stereocenters. The molecule has 0 spiro atoms. The Morgan fingerprint density at radius 1 is 0.795 bits per heavy atom. The van der Waals surface area contributed by atoms with Crippen LogP contribution in [0.1, 0.15) is 18.9 Å². The predicted octanol–water partition coefficient (Wildman–Crippen LogP) is 3.06. The van der Waals surface area contributed by atoms with Crippen LogP contribution in [0.5, 0.6) is 0 Å². The highest BCUT2D eigenvalue weighted by Crippen LogP contribution is 2.58. The van der Waals surface area contributed by atoms with E-state index in [2.05, 4.69) is 110 Å². The summed E-state index contributed by atoms with van der Waals surface area (Å²) in [7, 11) is -2.18. The molecule has 0 radical (unpaired) electrons. The molecule has 4 aromatic carbocycles. The number of hydrogen-bond acceptors (Lipinski definition) is 4. The molecule has 0 amide bonds. The van der Waals surface area contributed by atoms with Crippen LogP contribution in [0.25, 0.3) is 0 Å². The van der Waals surface area contributed by atoms with Gasteiger partial charge in [0.05, 0.1) is 17.4 Å². The van der Waals surface area contributed by atoms with Crippen molar-refractivity contribution in [3.05, 3.63) is 127 Å². The van der Waals surface area contributed by atoms with Gasteiger partial charge in [-0.2, -0.15) is 0 Å². The van der Waals surface area contributed by atoms with Crippen LogP contribution >= 0.6 is 19.0 Å². The van der Waals surface area contributed by atoms with Gasteiger partial charge in [0.15, 0.2) is 0 Å². The second kappa shape index (κ2) is 13.7. The van der Waals surface area contributed by atoms with E-state index in [1.54, 1.807) is 11.8 Å². The van der Waals surface area contributed by atoms with E-state index in [1.165, 1.54) is 21.5 Å². The zero-order valence-electron chi connectivity index (χ0n) is 22.2. The summed E-state index contributed by atoms with van der Waals surface area (Å²) in [5.41, 5.74) is 0.0598. The van der Waals surface area contributed by atoms with Crippen LogP contribution in [0.3, 0.4) is 0 Å². The molecule has 39 heavy (non-hydrogen) atoms. The largest absolute Gasteiger partial charge is 1.00 e. The van der Waals surface area contributed by atoms with Crippen LogP contribution in [0, 0.1) is 5.92 Å². The number of hydrogen-bond donors (Lipinski definition) is 1. The minimum absolute atomic E-state index is 0. The lowest BCUT2D eigenvalue weighted by atomic mass is 10.1. The van der Waals surface area contributed by atoms with Gasteiger partial charge >= 0.3 is 0 Å². The summed E-state index contributed by atoms with van der Waals surface area (Å²) in [6.45, 7) is 3.48. The summed E-state index contributed by atoms with van der Waals surface area (Å²) in [6.07, 6.45) is 1.39. The van der Waals surface area contributed by atoms with E-state index in [0.717, 1.165) is 11.5 Å². The van der Waals surface area contributed by atoms with Gasteiger partial charge in [-0.25, -0.2) is 4.99 Å². The first-order chi connectivity index (χ1) is 18.6. The highest BCUT2D eigenvalue weighted by atomic mass is 35.5. The van der Waals surface area contributed by atoms with Gasteiger partial charge in [0.1, 0.15) is 29.3 Å². The SMILES string of the molecule is C[C@@H](COCc1ccccc1)CC1=NC(O)(C[P+](c2ccccc2)(c2ccccc2)c2ccccc2)CS1.[Cl-]. The second-order valence-corrected chi connectivity index (χ2v) is 14.6. The van der Waals surface area contributed by atoms with Gasteiger partial charge in [-0.05, 0) is 47.9 Å². The summed E-state index contributed by atoms with van der Waals surface area (Å²) >= 11 is 1.70. The maximum Gasteiger partial charge on any atom is 0.201 e. The Bertz CT molecular complexity index is 1230. The van der Waals surface area contributed by atoms with E-state index in [4.69, 9.17) is 9.73 Å². The monoisotopic (exact) mass is 575 g/mol. The predicted molar refractivity (Wildman–Crippen MR) is 165 cm³/mol. The van der Waals surface area contributed by atoms with Gasteiger partial charge in [-0.3, -0.25) is 0 Å². The minimum atomic E-state index is -2.18. The third-order valence-corrected chi connectivity index (χ3v) is 12.6. The Balaban J connectivity index is 0.00000353. The molecule has 3 nitrogen and oxygen atoms in total. The lowest BCUT2D eigenvalue weighted by Gasteiger charge is -2.32. The number of halogens is 1. The van der Waals surface area contributed by atoms with Crippen LogP contribution in [-0.2, 0) is 11.3 Å². The molecule has 5 rings (SSSR count). The fourth-order valence-corrected chi connectivity index (χ4v) is 10.9. The minimum Gasteiger partial charge on any atom is -1.00 e. The maximum atomic E-state index is 12.0. The highest BCUT2D eigenvalue weighted by Gasteiger charge is 2.53. The molecule has 0 saturated heterocycles. The topological polar surface area (TPSA) is 41.8 Å². The Labute approximate surface area is 243 Å². The van der Waals surface area contributed by atoms with E-state index in [-0.39, 0.29) is 12.4 Å². The van der Waals surface area contributed by atoms with Crippen molar-refractivity contribution in [1.82, 2.24) is 0 Å². The quantitative estimate of drug-likeness (QED) is 0.280. The Hall–Kier alpha value is -2.46. The number of aliphatic hydroxyl groups is 1. The van der Waals surface area contributed by atoms with E-state index in [1.807, 2.05) is 18.2 Å². The zero-order valence-corrected chi connectivity index (χ0v) is 24.7. The van der Waals surface area contributed by atoms with Crippen molar-refractivity contribution in [3.8, 4) is 0 Å². The van der Waals surface area contributed by atoms with Crippen molar-refractivity contribution in [1.29, 1.82) is 0 Å². The summed E-state index contributed by atoms with van der Waals surface area (Å²) in [4.78, 5) is 4.99. The molecule has 1 aliphatic rings. The molecule has 4 aromatic rings. The third-order valence-electron chi connectivity index (χ3n) is 6.92. The first kappa shape index (κ1) is 29.5. The fourth-order valence-electron chi connectivity index (χ4n) is 5.14. The van der Waals surface area contributed by atoms with Crippen LogP contribution in [-0.4, -0.2) is 34.4 Å². The second-order valence-electron chi connectivity index (χ2n) is 10.1. The average Bonchev–Trinajstić information content (AvgIpc) is 3.33. The lowest BCUT2D eigenvalue weighted by molar-refractivity contribution is -0.0000139. The van der Waals surface area contributed by atoms with Gasteiger partial charge in [0.2, 0.25) is 5.72 Å². The maximum absolute atomic E-state index is 12.0. The first-order valence-electron chi connectivity index (χ1n) is 13.2. The van der Waals surface area contributed by atoms with Gasteiger partial charge in [0.25, 0.3) is 0 Å². The van der Waals surface area contributed by atoms with Gasteiger partial charge in [0, 0.05) is 13.0 Å². The standard InChI is InChI=1S/C33H35NO2PS.ClH/c1-27(23-36-24-28-14-6-2-7-15-28)22-32-34-33(35,26-38-32)25-37(29-16-8-3-9-17-29,30-18-10-4-11-19-30)31-20-12-5-13-21-31;/h2-21,27,35H,22-26H2,1H3;1H/q+1;/p-1/t27-,33?;/m1./s1. The molecule has 0 aliphatic carbocycles. The van der Waals surface area contributed by atoms with Crippen molar-refractivity contribution in [2.45, 2.75) is 25.7 Å². The van der Waals surface area contributed by atoms with Crippen molar-refractivity contribution in [3.63, 3.8) is 0 Å². The average molecular weight is 576 g/mol. The number of rotatable bonds is 11. The normalized spacial score (nSPS) is 17.7. The smallest absolute Gasteiger partial charge is 0.201 e. The van der Waals surface area contributed by atoms with Crippen molar-refractivity contribution in [2.24, 2.45) is 10.9 Å². The van der Waals surface area contributed by atoms with E-state index in [9.17, 15) is 5.11 Å². The number of benzene rings is 4. The number of thioether (sulfide) groups is 1. The summed E-state index contributed by atoms with van der Waals surface area (Å²) in [5, 5.41) is 16.8. The van der Waals surface area contributed by atoms with E-state index in [0.29, 0.717) is 31.0 Å². The molecule has 0 bridgehead atoms. The summed E-state index contributed by atoms with van der Waals surface area (Å²) in [5.74, 6) is 0.901. The molecule has 1 heterocycles. The Morgan fingerprint density at radius 3 is 1.74 bits per heavy atom. The molecule has 6 heteroatoms. The molecule has 0 fully saturated rings. The van der Waals surface area contributed by atoms with Gasteiger partial charge in [-0.15, -0.1) is 11.8 Å². The van der Waals surface area contributed by atoms with Gasteiger partial charge in [-0.1, -0.05) is 91.9 Å². The lowest BCUT2D eigenvalue weighted by Crippen LogP contribution is -3.00. The molecule has 202 valence electrons. The molecule has 0 saturated carbocycles. The molecule has 0 aromatic heterocycles. The van der Waals surface area contributed by atoms with Crippen molar-refractivity contribution < 1.29 is 22.3 Å². The van der Waals surface area contributed by atoms with Crippen LogP contribution < -0.4 is 28.3 Å². The number of ether oxygens (including phenoxy) is 1. The van der Waals surface area contributed by atoms with Crippen molar-refractivity contribution >= 4 is 40.0 Å². The number of nitrogens with zero attached hydrogens (tertiary/aromatic N) is 1. The van der Waals surface area contributed by atoms with Crippen LogP contribution in [0.15, 0.2) is 126 Å². The highest BCUT2D eigenvalue weighted by molar-refractivity contribution is 8.14. The fraction of sp³-hybridized carbons (Fsp3) is 0.242. The van der Waals surface area contributed by atoms with E-state index < -0.39 is 13.0 Å². The van der Waals surface area contributed by atoms with E-state index >= 15 is 0 Å². The van der Waals surface area contributed by atoms with Gasteiger partial charge < -0.3 is 22.3 Å². The number of aliphatic imine (C=N–C) groups is 1. The molecular formula is C33H35ClNO2PS. The van der Waals surface area contributed by atoms with Crippen LogP contribution in [0.2, 0.25) is 0 Å². The Morgan fingerprint density at radius 2 is 1.26 bits per heavy atom. The summed E-state index contributed by atoms with van der Waals surface area (Å²) in [6, 6.07) is 42.4. The molecular weight excluding hydrogens is 541 g/mol. The third kappa shape index (κ3) is 7.20. The summed E-state index contributed by atoms with van der Waals surface area (Å²) < 4.78 is 5.98. The zero-order chi connectivity index (χ0) is 26.3. The molecule has 1 aliphatic heterocycles. The van der Waals surface area contributed by atoms with Crippen LogP contribution in [0.4, 0.5) is 0 Å².